The van der Waals surface area contributed by atoms with E-state index in [2.05, 4.69) is 22.5 Å². The van der Waals surface area contributed by atoms with Crippen molar-refractivity contribution in [1.29, 1.82) is 0 Å². The second kappa shape index (κ2) is 12.0. The highest BCUT2D eigenvalue weighted by molar-refractivity contribution is 14.0. The van der Waals surface area contributed by atoms with Crippen molar-refractivity contribution in [2.24, 2.45) is 4.99 Å². The first-order valence-corrected chi connectivity index (χ1v) is 10.8. The summed E-state index contributed by atoms with van der Waals surface area (Å²) < 4.78 is 26.6. The van der Waals surface area contributed by atoms with Gasteiger partial charge in [0.05, 0.1) is 0 Å². The van der Waals surface area contributed by atoms with Gasteiger partial charge < -0.3 is 15.5 Å². The summed E-state index contributed by atoms with van der Waals surface area (Å²) in [5.41, 5.74) is 0.767. The number of rotatable bonds is 6. The zero-order chi connectivity index (χ0) is 19.9. The molecule has 1 aromatic rings. The highest BCUT2D eigenvalue weighted by Gasteiger charge is 2.27. The molecule has 0 aromatic heterocycles. The third-order valence-electron chi connectivity index (χ3n) is 6.09. The van der Waals surface area contributed by atoms with Gasteiger partial charge in [0.15, 0.2) is 17.6 Å². The van der Waals surface area contributed by atoms with Gasteiger partial charge in [0.1, 0.15) is 0 Å². The van der Waals surface area contributed by atoms with E-state index in [9.17, 15) is 8.78 Å². The third-order valence-corrected chi connectivity index (χ3v) is 6.09. The van der Waals surface area contributed by atoms with Crippen LogP contribution in [0.2, 0.25) is 0 Å². The zero-order valence-corrected chi connectivity index (χ0v) is 19.9. The molecule has 2 N–H and O–H groups in total. The lowest BCUT2D eigenvalue weighted by atomic mass is 10.0. The minimum absolute atomic E-state index is 0. The summed E-state index contributed by atoms with van der Waals surface area (Å²) in [5, 5.41) is 6.89. The topological polar surface area (TPSA) is 39.7 Å². The van der Waals surface area contributed by atoms with Crippen LogP contribution in [0.15, 0.2) is 23.2 Å². The summed E-state index contributed by atoms with van der Waals surface area (Å²) in [6, 6.07) is 5.34. The van der Waals surface area contributed by atoms with Crippen molar-refractivity contribution in [2.75, 3.05) is 26.2 Å². The largest absolute Gasteiger partial charge is 0.357 e. The molecule has 0 bridgehead atoms. The summed E-state index contributed by atoms with van der Waals surface area (Å²) in [6.07, 6.45) is 7.78. The zero-order valence-electron chi connectivity index (χ0n) is 17.6. The normalized spacial score (nSPS) is 20.3. The Balaban J connectivity index is 0.00000300. The van der Waals surface area contributed by atoms with E-state index in [4.69, 9.17) is 4.99 Å². The molecular formula is C22H35F2IN4. The van der Waals surface area contributed by atoms with Gasteiger partial charge in [-0.2, -0.15) is 0 Å². The standard InChI is InChI=1S/C22H34F2N4.HI/c1-3-25-22(26-15-16(2)17-8-9-20(23)21(24)14-17)27-18-10-12-28(13-11-18)19-6-4-5-7-19;/h8-9,14,16,18-19H,3-7,10-13,15H2,1-2H3,(H2,25,26,27);1H. The quantitative estimate of drug-likeness (QED) is 0.326. The number of hydrogen-bond acceptors (Lipinski definition) is 2. The average molecular weight is 520 g/mol. The van der Waals surface area contributed by atoms with Gasteiger partial charge in [0.2, 0.25) is 0 Å². The van der Waals surface area contributed by atoms with Gasteiger partial charge in [0.25, 0.3) is 0 Å². The van der Waals surface area contributed by atoms with Crippen molar-refractivity contribution < 1.29 is 8.78 Å². The molecule has 1 unspecified atom stereocenters. The average Bonchev–Trinajstić information content (AvgIpc) is 3.23. The van der Waals surface area contributed by atoms with Crippen LogP contribution < -0.4 is 10.6 Å². The predicted octanol–water partition coefficient (Wildman–Crippen LogP) is 4.65. The van der Waals surface area contributed by atoms with Crippen LogP contribution in [0.4, 0.5) is 8.78 Å². The van der Waals surface area contributed by atoms with Crippen molar-refractivity contribution in [1.82, 2.24) is 15.5 Å². The molecular weight excluding hydrogens is 485 g/mol. The van der Waals surface area contributed by atoms with Crippen LogP contribution in [0.1, 0.15) is 63.9 Å². The monoisotopic (exact) mass is 520 g/mol. The van der Waals surface area contributed by atoms with Crippen molar-refractivity contribution in [3.8, 4) is 0 Å². The third kappa shape index (κ3) is 7.05. The maximum Gasteiger partial charge on any atom is 0.191 e. The highest BCUT2D eigenvalue weighted by Crippen LogP contribution is 2.26. The molecule has 1 aliphatic carbocycles. The fourth-order valence-corrected chi connectivity index (χ4v) is 4.34. The molecule has 1 saturated carbocycles. The predicted molar refractivity (Wildman–Crippen MR) is 126 cm³/mol. The number of halogens is 3. The molecule has 1 aromatic carbocycles. The maximum absolute atomic E-state index is 13.5. The Morgan fingerprint density at radius 1 is 1.14 bits per heavy atom. The summed E-state index contributed by atoms with van der Waals surface area (Å²) in [4.78, 5) is 7.36. The second-order valence-electron chi connectivity index (χ2n) is 8.19. The lowest BCUT2D eigenvalue weighted by Crippen LogP contribution is -2.50. The molecule has 4 nitrogen and oxygen atoms in total. The van der Waals surface area contributed by atoms with Crippen molar-refractivity contribution in [3.63, 3.8) is 0 Å². The Bertz CT molecular complexity index is 656. The molecule has 29 heavy (non-hydrogen) atoms. The lowest BCUT2D eigenvalue weighted by molar-refractivity contribution is 0.150. The van der Waals surface area contributed by atoms with Crippen LogP contribution in [0.25, 0.3) is 0 Å². The summed E-state index contributed by atoms with van der Waals surface area (Å²) in [6.45, 7) is 7.69. The van der Waals surface area contributed by atoms with Crippen molar-refractivity contribution in [3.05, 3.63) is 35.4 Å². The Morgan fingerprint density at radius 2 is 1.83 bits per heavy atom. The second-order valence-corrected chi connectivity index (χ2v) is 8.19. The SMILES string of the molecule is CCNC(=NCC(C)c1ccc(F)c(F)c1)NC1CCN(C2CCCC2)CC1.I. The van der Waals surface area contributed by atoms with E-state index in [0.29, 0.717) is 12.6 Å². The van der Waals surface area contributed by atoms with Crippen molar-refractivity contribution in [2.45, 2.75) is 70.4 Å². The molecule has 3 rings (SSSR count). The Kier molecular flexibility index (Phi) is 10.1. The van der Waals surface area contributed by atoms with E-state index in [0.717, 1.165) is 50.0 Å². The van der Waals surface area contributed by atoms with Gasteiger partial charge >= 0.3 is 0 Å². The lowest BCUT2D eigenvalue weighted by Gasteiger charge is -2.36. The molecule has 164 valence electrons. The van der Waals surface area contributed by atoms with Gasteiger partial charge in [0, 0.05) is 44.2 Å². The molecule has 1 heterocycles. The molecule has 7 heteroatoms. The Labute approximate surface area is 190 Å². The van der Waals surface area contributed by atoms with Gasteiger partial charge in [-0.25, -0.2) is 8.78 Å². The molecule has 1 aliphatic heterocycles. The van der Waals surface area contributed by atoms with E-state index in [1.165, 1.54) is 37.8 Å². The smallest absolute Gasteiger partial charge is 0.191 e. The van der Waals surface area contributed by atoms with E-state index < -0.39 is 11.6 Å². The van der Waals surface area contributed by atoms with E-state index >= 15 is 0 Å². The summed E-state index contributed by atoms with van der Waals surface area (Å²) in [5.74, 6) is -0.767. The minimum Gasteiger partial charge on any atom is -0.357 e. The first-order valence-electron chi connectivity index (χ1n) is 10.8. The fourth-order valence-electron chi connectivity index (χ4n) is 4.34. The Morgan fingerprint density at radius 3 is 2.45 bits per heavy atom. The molecule has 0 amide bonds. The molecule has 0 spiro atoms. The van der Waals surface area contributed by atoms with Crippen LogP contribution >= 0.6 is 24.0 Å². The number of benzene rings is 1. The number of piperidine rings is 1. The first-order chi connectivity index (χ1) is 13.6. The molecule has 0 radical (unpaired) electrons. The summed E-state index contributed by atoms with van der Waals surface area (Å²) >= 11 is 0. The summed E-state index contributed by atoms with van der Waals surface area (Å²) in [7, 11) is 0. The van der Waals surface area contributed by atoms with Gasteiger partial charge in [-0.05, 0) is 50.3 Å². The number of hydrogen-bond donors (Lipinski definition) is 2. The van der Waals surface area contributed by atoms with Crippen LogP contribution in [-0.2, 0) is 0 Å². The molecule has 2 fully saturated rings. The number of likely N-dealkylation sites (tertiary alicyclic amines) is 1. The highest BCUT2D eigenvalue weighted by atomic mass is 127. The van der Waals surface area contributed by atoms with Crippen LogP contribution in [0.5, 0.6) is 0 Å². The van der Waals surface area contributed by atoms with Crippen LogP contribution in [0, 0.1) is 11.6 Å². The number of nitrogens with zero attached hydrogens (tertiary/aromatic N) is 2. The van der Waals surface area contributed by atoms with Gasteiger partial charge in [-0.15, -0.1) is 24.0 Å². The van der Waals surface area contributed by atoms with E-state index in [1.807, 2.05) is 6.92 Å². The number of aliphatic imine (C=N–C) groups is 1. The van der Waals surface area contributed by atoms with Crippen molar-refractivity contribution >= 4 is 29.9 Å². The Hall–Kier alpha value is -0.960. The molecule has 1 saturated heterocycles. The maximum atomic E-state index is 13.5. The molecule has 1 atom stereocenters. The minimum atomic E-state index is -0.807. The van der Waals surface area contributed by atoms with Gasteiger partial charge in [-0.3, -0.25) is 4.99 Å². The van der Waals surface area contributed by atoms with Crippen LogP contribution in [-0.4, -0.2) is 49.1 Å². The van der Waals surface area contributed by atoms with Crippen LogP contribution in [0.3, 0.4) is 0 Å². The van der Waals surface area contributed by atoms with E-state index in [1.54, 1.807) is 6.07 Å². The van der Waals surface area contributed by atoms with Gasteiger partial charge in [-0.1, -0.05) is 25.8 Å². The fraction of sp³-hybridized carbons (Fsp3) is 0.682. The van der Waals surface area contributed by atoms with E-state index in [-0.39, 0.29) is 29.9 Å². The first kappa shape index (κ1) is 24.3. The number of nitrogens with one attached hydrogen (secondary N) is 2. The molecule has 2 aliphatic rings. The number of guanidine groups is 1.